The normalized spacial score (nSPS) is 12.3. The van der Waals surface area contributed by atoms with Crippen molar-refractivity contribution in [3.05, 3.63) is 22.2 Å². The smallest absolute Gasteiger partial charge is 0.136 e. The predicted molar refractivity (Wildman–Crippen MR) is 69.2 cm³/mol. The first-order chi connectivity index (χ1) is 7.58. The van der Waals surface area contributed by atoms with E-state index in [1.54, 1.807) is 7.11 Å². The van der Waals surface area contributed by atoms with Gasteiger partial charge in [-0.2, -0.15) is 0 Å². The first kappa shape index (κ1) is 13.3. The number of ether oxygens (including phenoxy) is 2. The molecule has 1 aromatic carbocycles. The van der Waals surface area contributed by atoms with Crippen molar-refractivity contribution in [2.75, 3.05) is 13.7 Å². The van der Waals surface area contributed by atoms with Gasteiger partial charge in [-0.15, -0.1) is 0 Å². The van der Waals surface area contributed by atoms with Crippen LogP contribution in [-0.2, 0) is 6.42 Å². The molecule has 0 amide bonds. The van der Waals surface area contributed by atoms with Crippen LogP contribution in [0.15, 0.2) is 16.6 Å². The van der Waals surface area contributed by atoms with Gasteiger partial charge in [0.1, 0.15) is 11.5 Å². The van der Waals surface area contributed by atoms with Gasteiger partial charge in [-0.25, -0.2) is 0 Å². The number of hydrogen-bond donors (Lipinski definition) is 1. The molecule has 0 aliphatic carbocycles. The number of benzene rings is 1. The fourth-order valence-corrected chi connectivity index (χ4v) is 2.08. The number of methoxy groups -OCH3 is 1. The predicted octanol–water partition coefficient (Wildman–Crippen LogP) is 2.75. The van der Waals surface area contributed by atoms with Gasteiger partial charge in [0.2, 0.25) is 0 Å². The van der Waals surface area contributed by atoms with Crippen LogP contribution in [0, 0.1) is 0 Å². The molecular weight excluding hydrogens is 270 g/mol. The standard InChI is InChI=1S/C12H18BrNO2/c1-4-16-11-7-12(15-3)10(13)6-9(11)5-8(2)14/h6-8H,4-5,14H2,1-3H3. The SMILES string of the molecule is CCOc1cc(OC)c(Br)cc1CC(C)N. The molecule has 0 fully saturated rings. The van der Waals surface area contributed by atoms with Crippen LogP contribution in [0.25, 0.3) is 0 Å². The molecule has 0 spiro atoms. The van der Waals surface area contributed by atoms with E-state index < -0.39 is 0 Å². The van der Waals surface area contributed by atoms with E-state index in [0.29, 0.717) is 6.61 Å². The Labute approximate surface area is 105 Å². The Morgan fingerprint density at radius 2 is 2.06 bits per heavy atom. The third-order valence-corrected chi connectivity index (χ3v) is 2.80. The summed E-state index contributed by atoms with van der Waals surface area (Å²) in [6.45, 7) is 4.58. The average Bonchev–Trinajstić information content (AvgIpc) is 2.21. The van der Waals surface area contributed by atoms with E-state index in [9.17, 15) is 0 Å². The topological polar surface area (TPSA) is 44.5 Å². The highest BCUT2D eigenvalue weighted by molar-refractivity contribution is 9.10. The highest BCUT2D eigenvalue weighted by Crippen LogP contribution is 2.33. The second-order valence-corrected chi connectivity index (χ2v) is 4.56. The molecule has 1 atom stereocenters. The van der Waals surface area contributed by atoms with Crippen molar-refractivity contribution >= 4 is 15.9 Å². The molecule has 0 bridgehead atoms. The van der Waals surface area contributed by atoms with Crippen molar-refractivity contribution in [3.8, 4) is 11.5 Å². The van der Waals surface area contributed by atoms with Crippen molar-refractivity contribution in [2.45, 2.75) is 26.3 Å². The summed E-state index contributed by atoms with van der Waals surface area (Å²) in [5, 5.41) is 0. The quantitative estimate of drug-likeness (QED) is 0.906. The molecule has 2 N–H and O–H groups in total. The van der Waals surface area contributed by atoms with Gasteiger partial charge in [0.15, 0.2) is 0 Å². The van der Waals surface area contributed by atoms with Gasteiger partial charge in [0.25, 0.3) is 0 Å². The van der Waals surface area contributed by atoms with Crippen LogP contribution in [0.5, 0.6) is 11.5 Å². The maximum atomic E-state index is 5.81. The molecule has 0 aliphatic rings. The van der Waals surface area contributed by atoms with Crippen molar-refractivity contribution in [2.24, 2.45) is 5.73 Å². The molecule has 1 aromatic rings. The Kier molecular flexibility index (Phi) is 5.09. The van der Waals surface area contributed by atoms with Gasteiger partial charge in [-0.3, -0.25) is 0 Å². The van der Waals surface area contributed by atoms with Gasteiger partial charge in [0, 0.05) is 12.1 Å². The fraction of sp³-hybridized carbons (Fsp3) is 0.500. The zero-order valence-corrected chi connectivity index (χ0v) is 11.5. The van der Waals surface area contributed by atoms with E-state index in [1.807, 2.05) is 26.0 Å². The van der Waals surface area contributed by atoms with Crippen molar-refractivity contribution in [1.29, 1.82) is 0 Å². The highest BCUT2D eigenvalue weighted by Gasteiger charge is 2.11. The van der Waals surface area contributed by atoms with E-state index in [0.717, 1.165) is 28.0 Å². The Bertz CT molecular complexity index is 353. The molecule has 0 saturated heterocycles. The molecule has 90 valence electrons. The lowest BCUT2D eigenvalue weighted by molar-refractivity contribution is 0.331. The Balaban J connectivity index is 3.08. The second-order valence-electron chi connectivity index (χ2n) is 3.71. The van der Waals surface area contributed by atoms with Crippen molar-refractivity contribution in [1.82, 2.24) is 0 Å². The van der Waals surface area contributed by atoms with E-state index in [1.165, 1.54) is 0 Å². The first-order valence-electron chi connectivity index (χ1n) is 5.33. The lowest BCUT2D eigenvalue weighted by atomic mass is 10.1. The summed E-state index contributed by atoms with van der Waals surface area (Å²) in [5.74, 6) is 1.62. The Hall–Kier alpha value is -0.740. The molecule has 1 unspecified atom stereocenters. The molecule has 0 radical (unpaired) electrons. The van der Waals surface area contributed by atoms with Crippen LogP contribution < -0.4 is 15.2 Å². The van der Waals surface area contributed by atoms with Crippen molar-refractivity contribution < 1.29 is 9.47 Å². The second kappa shape index (κ2) is 6.11. The zero-order chi connectivity index (χ0) is 12.1. The minimum absolute atomic E-state index is 0.111. The van der Waals surface area contributed by atoms with E-state index >= 15 is 0 Å². The number of rotatable bonds is 5. The monoisotopic (exact) mass is 287 g/mol. The summed E-state index contributed by atoms with van der Waals surface area (Å²) in [6.07, 6.45) is 0.790. The molecule has 0 aromatic heterocycles. The Morgan fingerprint density at radius 1 is 1.38 bits per heavy atom. The van der Waals surface area contributed by atoms with Gasteiger partial charge >= 0.3 is 0 Å². The highest BCUT2D eigenvalue weighted by atomic mass is 79.9. The lowest BCUT2D eigenvalue weighted by Crippen LogP contribution is -2.18. The van der Waals surface area contributed by atoms with Gasteiger partial charge in [-0.05, 0) is 47.8 Å². The number of hydrogen-bond acceptors (Lipinski definition) is 3. The molecule has 1 rings (SSSR count). The summed E-state index contributed by atoms with van der Waals surface area (Å²) in [5.41, 5.74) is 6.91. The summed E-state index contributed by atoms with van der Waals surface area (Å²) >= 11 is 3.46. The third kappa shape index (κ3) is 3.39. The van der Waals surface area contributed by atoms with Crippen molar-refractivity contribution in [3.63, 3.8) is 0 Å². The summed E-state index contributed by atoms with van der Waals surface area (Å²) in [4.78, 5) is 0. The molecular formula is C12H18BrNO2. The number of nitrogens with two attached hydrogens (primary N) is 1. The largest absolute Gasteiger partial charge is 0.495 e. The first-order valence-corrected chi connectivity index (χ1v) is 6.12. The van der Waals surface area contributed by atoms with Crippen LogP contribution in [0.2, 0.25) is 0 Å². The summed E-state index contributed by atoms with van der Waals surface area (Å²) in [6, 6.07) is 4.01. The average molecular weight is 288 g/mol. The summed E-state index contributed by atoms with van der Waals surface area (Å²) in [7, 11) is 1.64. The van der Waals surface area contributed by atoms with E-state index in [-0.39, 0.29) is 6.04 Å². The van der Waals surface area contributed by atoms with Crippen LogP contribution in [0.4, 0.5) is 0 Å². The maximum Gasteiger partial charge on any atom is 0.136 e. The molecule has 16 heavy (non-hydrogen) atoms. The van der Waals surface area contributed by atoms with Gasteiger partial charge in [0.05, 0.1) is 18.2 Å². The van der Waals surface area contributed by atoms with Gasteiger partial charge in [-0.1, -0.05) is 0 Å². The van der Waals surface area contributed by atoms with E-state index in [4.69, 9.17) is 15.2 Å². The summed E-state index contributed by atoms with van der Waals surface area (Å²) < 4.78 is 11.7. The van der Waals surface area contributed by atoms with Crippen LogP contribution in [0.3, 0.4) is 0 Å². The lowest BCUT2D eigenvalue weighted by Gasteiger charge is -2.14. The van der Waals surface area contributed by atoms with Gasteiger partial charge < -0.3 is 15.2 Å². The van der Waals surface area contributed by atoms with Crippen LogP contribution >= 0.6 is 15.9 Å². The van der Waals surface area contributed by atoms with Crippen LogP contribution in [-0.4, -0.2) is 19.8 Å². The van der Waals surface area contributed by atoms with E-state index in [2.05, 4.69) is 15.9 Å². The number of halogens is 1. The fourth-order valence-electron chi connectivity index (χ4n) is 1.53. The molecule has 4 heteroatoms. The minimum Gasteiger partial charge on any atom is -0.495 e. The zero-order valence-electron chi connectivity index (χ0n) is 9.92. The molecule has 3 nitrogen and oxygen atoms in total. The molecule has 0 aliphatic heterocycles. The minimum atomic E-state index is 0.111. The van der Waals surface area contributed by atoms with Crippen LogP contribution in [0.1, 0.15) is 19.4 Å². The third-order valence-electron chi connectivity index (χ3n) is 2.18. The molecule has 0 saturated carbocycles. The Morgan fingerprint density at radius 3 is 2.56 bits per heavy atom. The molecule has 0 heterocycles. The maximum absolute atomic E-state index is 5.81.